The molecule has 0 aliphatic carbocycles. The van der Waals surface area contributed by atoms with E-state index in [0.717, 1.165) is 6.42 Å². The van der Waals surface area contributed by atoms with Gasteiger partial charge in [-0.25, -0.2) is 14.8 Å². The Morgan fingerprint density at radius 2 is 2.25 bits per heavy atom. The second kappa shape index (κ2) is 8.34. The number of nitrogens with zero attached hydrogens (tertiary/aromatic N) is 2. The number of nitrogens with one attached hydrogen (secondary N) is 2. The minimum Gasteiger partial charge on any atom is -0.467 e. The predicted octanol–water partition coefficient (Wildman–Crippen LogP) is 2.41. The zero-order valence-corrected chi connectivity index (χ0v) is 15.2. The molecule has 24 heavy (non-hydrogen) atoms. The summed E-state index contributed by atoms with van der Waals surface area (Å²) >= 11 is 7.10. The van der Waals surface area contributed by atoms with Crippen LogP contribution in [-0.4, -0.2) is 45.7 Å². The number of amides is 1. The second-order valence-corrected chi connectivity index (χ2v) is 6.71. The number of carbonyl (C=O) groups excluding carboxylic acids is 2. The molecule has 2 atom stereocenters. The van der Waals surface area contributed by atoms with Gasteiger partial charge in [-0.05, 0) is 12.0 Å². The van der Waals surface area contributed by atoms with Crippen molar-refractivity contribution in [1.29, 1.82) is 0 Å². The van der Waals surface area contributed by atoms with Crippen LogP contribution in [0.25, 0.3) is 11.2 Å². The first-order valence-corrected chi connectivity index (χ1v) is 8.82. The maximum atomic E-state index is 12.1. The van der Waals surface area contributed by atoms with Crippen LogP contribution in [0.3, 0.4) is 0 Å². The number of thioether (sulfide) groups is 1. The number of halogens is 1. The lowest BCUT2D eigenvalue weighted by atomic mass is 9.99. The highest BCUT2D eigenvalue weighted by molar-refractivity contribution is 7.99. The van der Waals surface area contributed by atoms with E-state index < -0.39 is 12.0 Å². The average Bonchev–Trinajstić information content (AvgIpc) is 2.98. The summed E-state index contributed by atoms with van der Waals surface area (Å²) in [5.74, 6) is -0.589. The number of methoxy groups -OCH3 is 1. The third-order valence-electron chi connectivity index (χ3n) is 3.61. The highest BCUT2D eigenvalue weighted by Crippen LogP contribution is 2.20. The summed E-state index contributed by atoms with van der Waals surface area (Å²) in [6.45, 7) is 3.84. The number of rotatable bonds is 7. The lowest BCUT2D eigenvalue weighted by molar-refractivity contribution is -0.146. The van der Waals surface area contributed by atoms with Crippen molar-refractivity contribution >= 4 is 46.4 Å². The highest BCUT2D eigenvalue weighted by Gasteiger charge is 2.26. The molecule has 9 heteroatoms. The number of carbonyl (C=O) groups is 2. The fourth-order valence-electron chi connectivity index (χ4n) is 2.07. The van der Waals surface area contributed by atoms with Crippen LogP contribution in [0.15, 0.2) is 17.4 Å². The summed E-state index contributed by atoms with van der Waals surface area (Å²) in [4.78, 5) is 35.3. The number of aromatic nitrogens is 3. The van der Waals surface area contributed by atoms with Crippen molar-refractivity contribution in [2.45, 2.75) is 31.5 Å². The number of aromatic amines is 1. The molecular weight excluding hydrogens is 352 g/mol. The summed E-state index contributed by atoms with van der Waals surface area (Å²) < 4.78 is 4.75. The number of esters is 1. The normalized spacial score (nSPS) is 13.5. The number of pyridine rings is 1. The molecule has 2 aromatic rings. The van der Waals surface area contributed by atoms with Gasteiger partial charge in [-0.3, -0.25) is 4.79 Å². The summed E-state index contributed by atoms with van der Waals surface area (Å²) in [6.07, 6.45) is 2.27. The molecule has 2 aromatic heterocycles. The Labute approximate surface area is 148 Å². The second-order valence-electron chi connectivity index (χ2n) is 5.31. The van der Waals surface area contributed by atoms with Gasteiger partial charge in [0.15, 0.2) is 10.8 Å². The van der Waals surface area contributed by atoms with Gasteiger partial charge in [-0.1, -0.05) is 43.6 Å². The molecule has 7 nitrogen and oxygen atoms in total. The van der Waals surface area contributed by atoms with E-state index in [4.69, 9.17) is 16.3 Å². The van der Waals surface area contributed by atoms with E-state index in [1.54, 1.807) is 6.07 Å². The molecule has 2 heterocycles. The first-order valence-electron chi connectivity index (χ1n) is 7.45. The summed E-state index contributed by atoms with van der Waals surface area (Å²) in [6, 6.07) is 1.07. The zero-order valence-electron chi connectivity index (χ0n) is 13.6. The van der Waals surface area contributed by atoms with Crippen molar-refractivity contribution < 1.29 is 14.3 Å². The number of hydrogen-bond donors (Lipinski definition) is 2. The number of hydrogen-bond acceptors (Lipinski definition) is 6. The summed E-state index contributed by atoms with van der Waals surface area (Å²) in [5, 5.41) is 3.79. The van der Waals surface area contributed by atoms with Crippen LogP contribution in [0, 0.1) is 5.92 Å². The number of fused-ring (bicyclic) bond motifs is 1. The molecule has 1 amide bonds. The van der Waals surface area contributed by atoms with Gasteiger partial charge in [-0.15, -0.1) is 0 Å². The van der Waals surface area contributed by atoms with E-state index in [0.29, 0.717) is 21.3 Å². The van der Waals surface area contributed by atoms with Gasteiger partial charge in [0.05, 0.1) is 23.4 Å². The standard InChI is InChI=1S/C15H19ClN4O3S/c1-4-8(2)12(14(22)23-3)19-11(21)7-24-15-18-10-5-9(16)6-17-13(10)20-15/h5-6,8,12H,4,7H2,1-3H3,(H,19,21)(H,17,18,20)/t8-,12+/m1/s1. The van der Waals surface area contributed by atoms with Gasteiger partial charge in [0, 0.05) is 6.20 Å². The van der Waals surface area contributed by atoms with Crippen LogP contribution < -0.4 is 5.32 Å². The molecule has 0 bridgehead atoms. The first kappa shape index (κ1) is 18.5. The Bertz CT molecular complexity index is 737. The van der Waals surface area contributed by atoms with E-state index >= 15 is 0 Å². The van der Waals surface area contributed by atoms with Crippen LogP contribution >= 0.6 is 23.4 Å². The lowest BCUT2D eigenvalue weighted by Gasteiger charge is -2.21. The van der Waals surface area contributed by atoms with Crippen molar-refractivity contribution in [3.63, 3.8) is 0 Å². The molecule has 0 radical (unpaired) electrons. The van der Waals surface area contributed by atoms with E-state index in [1.165, 1.54) is 25.1 Å². The molecular formula is C15H19ClN4O3S. The highest BCUT2D eigenvalue weighted by atomic mass is 35.5. The Morgan fingerprint density at radius 1 is 1.50 bits per heavy atom. The van der Waals surface area contributed by atoms with Gasteiger partial charge in [0.25, 0.3) is 0 Å². The smallest absolute Gasteiger partial charge is 0.328 e. The molecule has 0 aliphatic heterocycles. The van der Waals surface area contributed by atoms with Gasteiger partial charge in [0.2, 0.25) is 5.91 Å². The van der Waals surface area contributed by atoms with Gasteiger partial charge >= 0.3 is 5.97 Å². The largest absolute Gasteiger partial charge is 0.467 e. The SMILES string of the molecule is CC[C@@H](C)[C@H](NC(=O)CSc1nc2ncc(Cl)cc2[nH]1)C(=O)OC. The van der Waals surface area contributed by atoms with Crippen molar-refractivity contribution in [3.8, 4) is 0 Å². The van der Waals surface area contributed by atoms with Gasteiger partial charge < -0.3 is 15.0 Å². The summed E-state index contributed by atoms with van der Waals surface area (Å²) in [7, 11) is 1.31. The predicted molar refractivity (Wildman–Crippen MR) is 93.0 cm³/mol. The minimum atomic E-state index is -0.649. The zero-order chi connectivity index (χ0) is 17.7. The van der Waals surface area contributed by atoms with Crippen molar-refractivity contribution in [1.82, 2.24) is 20.3 Å². The maximum absolute atomic E-state index is 12.1. The van der Waals surface area contributed by atoms with Crippen LogP contribution in [0.4, 0.5) is 0 Å². The van der Waals surface area contributed by atoms with E-state index in [9.17, 15) is 9.59 Å². The lowest BCUT2D eigenvalue weighted by Crippen LogP contribution is -2.46. The van der Waals surface area contributed by atoms with Crippen molar-refractivity contribution in [3.05, 3.63) is 17.3 Å². The van der Waals surface area contributed by atoms with Crippen LogP contribution in [0.1, 0.15) is 20.3 Å². The Hall–Kier alpha value is -1.80. The Kier molecular flexibility index (Phi) is 6.44. The molecule has 2 N–H and O–H groups in total. The minimum absolute atomic E-state index is 0.0102. The van der Waals surface area contributed by atoms with Crippen LogP contribution in [0.2, 0.25) is 5.02 Å². The van der Waals surface area contributed by atoms with Crippen molar-refractivity contribution in [2.75, 3.05) is 12.9 Å². The molecule has 0 saturated carbocycles. The molecule has 0 unspecified atom stereocenters. The van der Waals surface area contributed by atoms with Crippen molar-refractivity contribution in [2.24, 2.45) is 5.92 Å². The number of H-pyrrole nitrogens is 1. The molecule has 0 spiro atoms. The van der Waals surface area contributed by atoms with E-state index in [1.807, 2.05) is 13.8 Å². The quantitative estimate of drug-likeness (QED) is 0.573. The fourth-order valence-corrected chi connectivity index (χ4v) is 2.91. The topological polar surface area (TPSA) is 97.0 Å². The molecule has 2 rings (SSSR count). The van der Waals surface area contributed by atoms with Crippen LogP contribution in [-0.2, 0) is 14.3 Å². The van der Waals surface area contributed by atoms with Gasteiger partial charge in [-0.2, -0.15) is 0 Å². The van der Waals surface area contributed by atoms with Gasteiger partial charge in [0.1, 0.15) is 6.04 Å². The monoisotopic (exact) mass is 370 g/mol. The number of imidazole rings is 1. The third kappa shape index (κ3) is 4.61. The number of ether oxygens (including phenoxy) is 1. The molecule has 0 fully saturated rings. The van der Waals surface area contributed by atoms with Crippen LogP contribution in [0.5, 0.6) is 0 Å². The average molecular weight is 371 g/mol. The molecule has 0 aliphatic rings. The van der Waals surface area contributed by atoms with E-state index in [-0.39, 0.29) is 17.6 Å². The summed E-state index contributed by atoms with van der Waals surface area (Å²) in [5.41, 5.74) is 1.24. The maximum Gasteiger partial charge on any atom is 0.328 e. The first-order chi connectivity index (χ1) is 11.4. The molecule has 0 saturated heterocycles. The fraction of sp³-hybridized carbons (Fsp3) is 0.467. The third-order valence-corrected chi connectivity index (χ3v) is 4.69. The molecule has 0 aromatic carbocycles. The Morgan fingerprint density at radius 3 is 2.92 bits per heavy atom. The van der Waals surface area contributed by atoms with E-state index in [2.05, 4.69) is 20.3 Å². The molecule has 130 valence electrons. The Balaban J connectivity index is 1.96.